The maximum Gasteiger partial charge on any atom is 0.310 e. The fourth-order valence-electron chi connectivity index (χ4n) is 3.07. The van der Waals surface area contributed by atoms with E-state index >= 15 is 0 Å². The molecule has 0 aliphatic carbocycles. The van der Waals surface area contributed by atoms with E-state index in [0.29, 0.717) is 23.8 Å². The Kier molecular flexibility index (Phi) is 8.08. The Labute approximate surface area is 191 Å². The number of morpholine rings is 1. The molecule has 0 spiro atoms. The standard InChI is InChI=1S/C21H23ClN2O7S/c1-29-18-7-6-16(13-19(18)32(27,28)24-8-10-30-11-9-24)23-20(25)14-31-21(26)12-15-4-2-3-5-17(15)22/h2-7,13H,8-12,14H2,1H3,(H,23,25). The molecule has 11 heteroatoms. The Morgan fingerprint density at radius 2 is 1.88 bits per heavy atom. The zero-order valence-electron chi connectivity index (χ0n) is 17.4. The summed E-state index contributed by atoms with van der Waals surface area (Å²) >= 11 is 6.01. The number of sulfonamides is 1. The van der Waals surface area contributed by atoms with Crippen LogP contribution in [-0.2, 0) is 35.5 Å². The number of hydrogen-bond acceptors (Lipinski definition) is 7. The predicted molar refractivity (Wildman–Crippen MR) is 117 cm³/mol. The van der Waals surface area contributed by atoms with Crippen molar-refractivity contribution >= 4 is 39.2 Å². The number of benzene rings is 2. The first-order valence-corrected chi connectivity index (χ1v) is 11.6. The quantitative estimate of drug-likeness (QED) is 0.573. The van der Waals surface area contributed by atoms with Gasteiger partial charge >= 0.3 is 5.97 Å². The van der Waals surface area contributed by atoms with Gasteiger partial charge in [0.2, 0.25) is 10.0 Å². The summed E-state index contributed by atoms with van der Waals surface area (Å²) in [5, 5.41) is 2.97. The van der Waals surface area contributed by atoms with E-state index in [9.17, 15) is 18.0 Å². The molecule has 2 aromatic carbocycles. The van der Waals surface area contributed by atoms with E-state index in [1.807, 2.05) is 0 Å². The molecular formula is C21H23ClN2O7S. The highest BCUT2D eigenvalue weighted by atomic mass is 35.5. The van der Waals surface area contributed by atoms with Crippen LogP contribution in [0.1, 0.15) is 5.56 Å². The van der Waals surface area contributed by atoms with Crippen molar-refractivity contribution in [3.63, 3.8) is 0 Å². The third kappa shape index (κ3) is 5.98. The van der Waals surface area contributed by atoms with Crippen LogP contribution in [0.25, 0.3) is 0 Å². The molecule has 2 aromatic rings. The lowest BCUT2D eigenvalue weighted by atomic mass is 10.1. The Bertz CT molecular complexity index is 1090. The molecule has 32 heavy (non-hydrogen) atoms. The van der Waals surface area contributed by atoms with Crippen LogP contribution in [0.3, 0.4) is 0 Å². The van der Waals surface area contributed by atoms with Gasteiger partial charge in [-0.15, -0.1) is 0 Å². The van der Waals surface area contributed by atoms with Gasteiger partial charge in [-0.1, -0.05) is 29.8 Å². The smallest absolute Gasteiger partial charge is 0.310 e. The molecule has 0 saturated carbocycles. The van der Waals surface area contributed by atoms with Crippen molar-refractivity contribution < 1.29 is 32.2 Å². The number of hydrogen-bond donors (Lipinski definition) is 1. The van der Waals surface area contributed by atoms with Crippen LogP contribution < -0.4 is 10.1 Å². The fraction of sp³-hybridized carbons (Fsp3) is 0.333. The molecule has 1 fully saturated rings. The highest BCUT2D eigenvalue weighted by molar-refractivity contribution is 7.89. The van der Waals surface area contributed by atoms with E-state index in [1.54, 1.807) is 24.3 Å². The maximum atomic E-state index is 13.0. The monoisotopic (exact) mass is 482 g/mol. The van der Waals surface area contributed by atoms with Gasteiger partial charge in [-0.2, -0.15) is 4.31 Å². The number of rotatable bonds is 8. The molecule has 3 rings (SSSR count). The number of anilines is 1. The van der Waals surface area contributed by atoms with Crippen molar-refractivity contribution in [2.75, 3.05) is 45.3 Å². The number of amides is 1. The van der Waals surface area contributed by atoms with Crippen molar-refractivity contribution in [1.82, 2.24) is 4.31 Å². The van der Waals surface area contributed by atoms with Gasteiger partial charge in [0.25, 0.3) is 5.91 Å². The number of esters is 1. The maximum absolute atomic E-state index is 13.0. The van der Waals surface area contributed by atoms with Crippen LogP contribution in [0, 0.1) is 0 Å². The predicted octanol–water partition coefficient (Wildman–Crippen LogP) is 2.09. The number of nitrogens with zero attached hydrogens (tertiary/aromatic N) is 1. The lowest BCUT2D eigenvalue weighted by molar-refractivity contribution is -0.146. The minimum Gasteiger partial charge on any atom is -0.495 e. The van der Waals surface area contributed by atoms with Crippen molar-refractivity contribution in [3.05, 3.63) is 53.1 Å². The van der Waals surface area contributed by atoms with Crippen LogP contribution >= 0.6 is 11.6 Å². The van der Waals surface area contributed by atoms with Gasteiger partial charge in [0.05, 0.1) is 26.7 Å². The normalized spacial score (nSPS) is 14.6. The Morgan fingerprint density at radius 3 is 2.56 bits per heavy atom. The van der Waals surface area contributed by atoms with E-state index in [1.165, 1.54) is 29.6 Å². The topological polar surface area (TPSA) is 111 Å². The summed E-state index contributed by atoms with van der Waals surface area (Å²) in [5.41, 5.74) is 0.817. The van der Waals surface area contributed by atoms with Gasteiger partial charge < -0.3 is 19.5 Å². The van der Waals surface area contributed by atoms with E-state index in [2.05, 4.69) is 5.32 Å². The molecule has 1 amide bonds. The molecule has 1 saturated heterocycles. The van der Waals surface area contributed by atoms with Gasteiger partial charge in [0, 0.05) is 23.8 Å². The summed E-state index contributed by atoms with van der Waals surface area (Å²) in [7, 11) is -2.48. The van der Waals surface area contributed by atoms with Gasteiger partial charge in [0.1, 0.15) is 10.6 Å². The zero-order valence-corrected chi connectivity index (χ0v) is 18.9. The first-order valence-electron chi connectivity index (χ1n) is 9.76. The molecular weight excluding hydrogens is 460 g/mol. The summed E-state index contributed by atoms with van der Waals surface area (Å²) in [6.07, 6.45) is -0.0720. The number of nitrogens with one attached hydrogen (secondary N) is 1. The van der Waals surface area contributed by atoms with Crippen LogP contribution in [-0.4, -0.2) is 64.6 Å². The van der Waals surface area contributed by atoms with E-state index in [0.717, 1.165) is 0 Å². The highest BCUT2D eigenvalue weighted by Gasteiger charge is 2.29. The lowest BCUT2D eigenvalue weighted by Crippen LogP contribution is -2.40. The molecule has 0 bridgehead atoms. The average molecular weight is 483 g/mol. The van der Waals surface area contributed by atoms with Crippen LogP contribution in [0.5, 0.6) is 5.75 Å². The molecule has 0 unspecified atom stereocenters. The summed E-state index contributed by atoms with van der Waals surface area (Å²) in [6, 6.07) is 11.1. The molecule has 1 heterocycles. The van der Waals surface area contributed by atoms with E-state index in [-0.39, 0.29) is 35.8 Å². The second kappa shape index (κ2) is 10.8. The molecule has 1 aliphatic heterocycles. The Balaban J connectivity index is 1.64. The second-order valence-corrected chi connectivity index (χ2v) is 9.17. The Hall–Kier alpha value is -2.66. The zero-order chi connectivity index (χ0) is 23.1. The number of methoxy groups -OCH3 is 1. The molecule has 1 N–H and O–H groups in total. The molecule has 0 radical (unpaired) electrons. The minimum absolute atomic E-state index is 0.0720. The second-order valence-electron chi connectivity index (χ2n) is 6.86. The van der Waals surface area contributed by atoms with Crippen LogP contribution in [0.15, 0.2) is 47.4 Å². The van der Waals surface area contributed by atoms with Crippen molar-refractivity contribution in [2.45, 2.75) is 11.3 Å². The van der Waals surface area contributed by atoms with Crippen molar-refractivity contribution in [3.8, 4) is 5.75 Å². The number of ether oxygens (including phenoxy) is 3. The molecule has 0 aromatic heterocycles. The highest BCUT2D eigenvalue weighted by Crippen LogP contribution is 2.30. The number of halogens is 1. The SMILES string of the molecule is COc1ccc(NC(=O)COC(=O)Cc2ccccc2Cl)cc1S(=O)(=O)N1CCOCC1. The van der Waals surface area contributed by atoms with Crippen molar-refractivity contribution in [1.29, 1.82) is 0 Å². The van der Waals surface area contributed by atoms with E-state index in [4.69, 9.17) is 25.8 Å². The summed E-state index contributed by atoms with van der Waals surface area (Å²) in [5.74, 6) is -1.07. The van der Waals surface area contributed by atoms with Gasteiger partial charge in [-0.25, -0.2) is 8.42 Å². The van der Waals surface area contributed by atoms with Crippen molar-refractivity contribution in [2.24, 2.45) is 0 Å². The third-order valence-electron chi connectivity index (χ3n) is 4.69. The summed E-state index contributed by atoms with van der Waals surface area (Å²) in [4.78, 5) is 24.2. The van der Waals surface area contributed by atoms with Gasteiger partial charge in [-0.05, 0) is 29.8 Å². The average Bonchev–Trinajstić information content (AvgIpc) is 2.80. The van der Waals surface area contributed by atoms with Crippen LogP contribution in [0.4, 0.5) is 5.69 Å². The van der Waals surface area contributed by atoms with Gasteiger partial charge in [-0.3, -0.25) is 9.59 Å². The molecule has 0 atom stereocenters. The summed E-state index contributed by atoms with van der Waals surface area (Å²) in [6.45, 7) is 0.531. The number of carbonyl (C=O) groups is 2. The third-order valence-corrected chi connectivity index (χ3v) is 6.98. The van der Waals surface area contributed by atoms with Gasteiger partial charge in [0.15, 0.2) is 6.61 Å². The first kappa shape index (κ1) is 24.0. The number of carbonyl (C=O) groups excluding carboxylic acids is 2. The minimum atomic E-state index is -3.85. The van der Waals surface area contributed by atoms with E-state index < -0.39 is 28.5 Å². The first-order chi connectivity index (χ1) is 15.3. The van der Waals surface area contributed by atoms with Crippen LogP contribution in [0.2, 0.25) is 5.02 Å². The summed E-state index contributed by atoms with van der Waals surface area (Å²) < 4.78 is 42.7. The fourth-order valence-corrected chi connectivity index (χ4v) is 4.87. The lowest BCUT2D eigenvalue weighted by Gasteiger charge is -2.26. The largest absolute Gasteiger partial charge is 0.495 e. The molecule has 1 aliphatic rings. The Morgan fingerprint density at radius 1 is 1.16 bits per heavy atom. The molecule has 9 nitrogen and oxygen atoms in total. The molecule has 172 valence electrons.